The van der Waals surface area contributed by atoms with E-state index in [9.17, 15) is 9.59 Å². The van der Waals surface area contributed by atoms with Gasteiger partial charge < -0.3 is 15.8 Å². The summed E-state index contributed by atoms with van der Waals surface area (Å²) in [7, 11) is 1.36. The summed E-state index contributed by atoms with van der Waals surface area (Å²) in [6, 6.07) is 5.54. The molecule has 3 rings (SSSR count). The first-order chi connectivity index (χ1) is 11.5. The minimum Gasteiger partial charge on any atom is -0.465 e. The fourth-order valence-electron chi connectivity index (χ4n) is 4.33. The molecule has 2 aliphatic rings. The predicted octanol–water partition coefficient (Wildman–Crippen LogP) is 3.30. The van der Waals surface area contributed by atoms with E-state index in [0.29, 0.717) is 17.4 Å². The summed E-state index contributed by atoms with van der Waals surface area (Å²) in [5, 5.41) is 3.01. The maximum atomic E-state index is 12.6. The van der Waals surface area contributed by atoms with Crippen LogP contribution >= 0.6 is 12.4 Å². The number of benzene rings is 1. The molecule has 0 aromatic heterocycles. The summed E-state index contributed by atoms with van der Waals surface area (Å²) >= 11 is 0. The van der Waals surface area contributed by atoms with Crippen LogP contribution in [0.15, 0.2) is 18.2 Å². The second kappa shape index (κ2) is 8.19. The van der Waals surface area contributed by atoms with Gasteiger partial charge in [-0.3, -0.25) is 4.79 Å². The zero-order valence-electron chi connectivity index (χ0n) is 14.8. The molecule has 6 heteroatoms. The monoisotopic (exact) mass is 366 g/mol. The number of aryl methyl sites for hydroxylation is 1. The number of hydrogen-bond donors (Lipinski definition) is 2. The van der Waals surface area contributed by atoms with Crippen molar-refractivity contribution in [3.05, 3.63) is 29.3 Å². The highest BCUT2D eigenvalue weighted by Crippen LogP contribution is 2.42. The second-order valence-corrected chi connectivity index (χ2v) is 7.21. The molecule has 138 valence electrons. The van der Waals surface area contributed by atoms with Gasteiger partial charge in [-0.2, -0.15) is 0 Å². The standard InChI is InChI=1S/C19H26N2O3.ClH/c1-11-8-15(6-7-16(11)19(23)24-2)21-18(22)14-9-12-4-3-5-13(10-14)17(12)20;/h6-8,12-14,17H,3-5,9-10,20H2,1-2H3,(H,21,22);1H. The summed E-state index contributed by atoms with van der Waals surface area (Å²) in [4.78, 5) is 24.3. The maximum absolute atomic E-state index is 12.6. The van der Waals surface area contributed by atoms with E-state index in [1.807, 2.05) is 13.0 Å². The van der Waals surface area contributed by atoms with E-state index in [2.05, 4.69) is 5.32 Å². The number of amides is 1. The molecule has 0 heterocycles. The Morgan fingerprint density at radius 2 is 1.84 bits per heavy atom. The molecule has 1 aromatic rings. The lowest BCUT2D eigenvalue weighted by Crippen LogP contribution is -2.48. The average Bonchev–Trinajstić information content (AvgIpc) is 2.54. The SMILES string of the molecule is COC(=O)c1ccc(NC(=O)C2CC3CCCC(C2)C3N)cc1C.Cl. The number of ether oxygens (including phenoxy) is 1. The van der Waals surface area contributed by atoms with Crippen LogP contribution in [0, 0.1) is 24.7 Å². The molecule has 0 saturated heterocycles. The van der Waals surface area contributed by atoms with Gasteiger partial charge in [-0.25, -0.2) is 4.79 Å². The molecule has 3 N–H and O–H groups in total. The molecule has 2 unspecified atom stereocenters. The number of anilines is 1. The van der Waals surface area contributed by atoms with Crippen LogP contribution in [-0.2, 0) is 9.53 Å². The van der Waals surface area contributed by atoms with E-state index in [1.165, 1.54) is 13.5 Å². The Kier molecular flexibility index (Phi) is 6.47. The van der Waals surface area contributed by atoms with Gasteiger partial charge in [-0.15, -0.1) is 12.4 Å². The number of esters is 1. The van der Waals surface area contributed by atoms with Crippen LogP contribution in [0.25, 0.3) is 0 Å². The Labute approximate surface area is 155 Å². The number of carbonyl (C=O) groups is 2. The lowest BCUT2D eigenvalue weighted by atomic mass is 9.65. The van der Waals surface area contributed by atoms with Crippen LogP contribution in [0.5, 0.6) is 0 Å². The minimum atomic E-state index is -0.362. The predicted molar refractivity (Wildman–Crippen MR) is 99.9 cm³/mol. The van der Waals surface area contributed by atoms with Gasteiger partial charge in [0.15, 0.2) is 0 Å². The van der Waals surface area contributed by atoms with Gasteiger partial charge in [-0.05, 0) is 68.2 Å². The van der Waals surface area contributed by atoms with Crippen molar-refractivity contribution in [3.63, 3.8) is 0 Å². The van der Waals surface area contributed by atoms with Crippen molar-refractivity contribution in [3.8, 4) is 0 Å². The van der Waals surface area contributed by atoms with Crippen LogP contribution in [0.1, 0.15) is 48.0 Å². The number of fused-ring (bicyclic) bond motifs is 2. The van der Waals surface area contributed by atoms with Crippen molar-refractivity contribution >= 4 is 30.0 Å². The zero-order valence-corrected chi connectivity index (χ0v) is 15.6. The van der Waals surface area contributed by atoms with Crippen LogP contribution in [-0.4, -0.2) is 25.0 Å². The highest BCUT2D eigenvalue weighted by atomic mass is 35.5. The molecule has 0 aliphatic heterocycles. The third-order valence-corrected chi connectivity index (χ3v) is 5.68. The van der Waals surface area contributed by atoms with E-state index in [0.717, 1.165) is 36.9 Å². The normalized spacial score (nSPS) is 27.8. The Hall–Kier alpha value is -1.59. The molecule has 2 aliphatic carbocycles. The number of halogens is 1. The first kappa shape index (κ1) is 19.7. The van der Waals surface area contributed by atoms with Gasteiger partial charge in [0.25, 0.3) is 0 Å². The molecule has 1 amide bonds. The third kappa shape index (κ3) is 4.15. The summed E-state index contributed by atoms with van der Waals surface area (Å²) in [5.41, 5.74) is 8.34. The minimum absolute atomic E-state index is 0. The zero-order chi connectivity index (χ0) is 17.3. The summed E-state index contributed by atoms with van der Waals surface area (Å²) in [5.74, 6) is 0.720. The molecule has 2 atom stereocenters. The lowest BCUT2D eigenvalue weighted by molar-refractivity contribution is -0.122. The smallest absolute Gasteiger partial charge is 0.338 e. The molecule has 2 bridgehead atoms. The van der Waals surface area contributed by atoms with Crippen molar-refractivity contribution in [1.82, 2.24) is 0 Å². The molecule has 25 heavy (non-hydrogen) atoms. The van der Waals surface area contributed by atoms with Gasteiger partial charge in [0.2, 0.25) is 5.91 Å². The van der Waals surface area contributed by atoms with Gasteiger partial charge in [0, 0.05) is 17.6 Å². The average molecular weight is 367 g/mol. The topological polar surface area (TPSA) is 81.4 Å². The Balaban J connectivity index is 0.00000225. The van der Waals surface area contributed by atoms with Crippen molar-refractivity contribution in [2.45, 2.75) is 45.1 Å². The fraction of sp³-hybridized carbons (Fsp3) is 0.579. The number of nitrogens with one attached hydrogen (secondary N) is 1. The van der Waals surface area contributed by atoms with Crippen LogP contribution in [0.3, 0.4) is 0 Å². The second-order valence-electron chi connectivity index (χ2n) is 7.21. The third-order valence-electron chi connectivity index (χ3n) is 5.68. The van der Waals surface area contributed by atoms with E-state index < -0.39 is 0 Å². The number of hydrogen-bond acceptors (Lipinski definition) is 4. The first-order valence-electron chi connectivity index (χ1n) is 8.75. The summed E-state index contributed by atoms with van der Waals surface area (Å²) in [6.45, 7) is 1.84. The summed E-state index contributed by atoms with van der Waals surface area (Å²) < 4.78 is 4.75. The molecular formula is C19H27ClN2O3. The highest BCUT2D eigenvalue weighted by Gasteiger charge is 2.40. The van der Waals surface area contributed by atoms with Crippen LogP contribution < -0.4 is 11.1 Å². The van der Waals surface area contributed by atoms with E-state index in [1.54, 1.807) is 12.1 Å². The van der Waals surface area contributed by atoms with Crippen molar-refractivity contribution in [2.24, 2.45) is 23.5 Å². The number of nitrogens with two attached hydrogens (primary N) is 1. The van der Waals surface area contributed by atoms with Crippen LogP contribution in [0.2, 0.25) is 0 Å². The number of carbonyl (C=O) groups excluding carboxylic acids is 2. The van der Waals surface area contributed by atoms with Gasteiger partial charge in [-0.1, -0.05) is 6.42 Å². The van der Waals surface area contributed by atoms with Crippen LogP contribution in [0.4, 0.5) is 5.69 Å². The van der Waals surface area contributed by atoms with Crippen molar-refractivity contribution in [2.75, 3.05) is 12.4 Å². The van der Waals surface area contributed by atoms with E-state index in [4.69, 9.17) is 10.5 Å². The van der Waals surface area contributed by atoms with E-state index >= 15 is 0 Å². The molecule has 0 spiro atoms. The van der Waals surface area contributed by atoms with Crippen molar-refractivity contribution in [1.29, 1.82) is 0 Å². The highest BCUT2D eigenvalue weighted by molar-refractivity contribution is 5.95. The fourth-order valence-corrected chi connectivity index (χ4v) is 4.33. The van der Waals surface area contributed by atoms with E-state index in [-0.39, 0.29) is 36.2 Å². The molecule has 1 aromatic carbocycles. The molecule has 0 radical (unpaired) electrons. The molecule has 2 saturated carbocycles. The summed E-state index contributed by atoms with van der Waals surface area (Å²) in [6.07, 6.45) is 5.32. The van der Waals surface area contributed by atoms with Gasteiger partial charge in [0.1, 0.15) is 0 Å². The van der Waals surface area contributed by atoms with Gasteiger partial charge >= 0.3 is 5.97 Å². The number of methoxy groups -OCH3 is 1. The van der Waals surface area contributed by atoms with Crippen molar-refractivity contribution < 1.29 is 14.3 Å². The number of rotatable bonds is 3. The molecule has 5 nitrogen and oxygen atoms in total. The maximum Gasteiger partial charge on any atom is 0.338 e. The molecular weight excluding hydrogens is 340 g/mol. The first-order valence-corrected chi connectivity index (χ1v) is 8.75. The van der Waals surface area contributed by atoms with Gasteiger partial charge in [0.05, 0.1) is 12.7 Å². The Morgan fingerprint density at radius 1 is 1.20 bits per heavy atom. The Morgan fingerprint density at radius 3 is 2.40 bits per heavy atom. The lowest BCUT2D eigenvalue weighted by Gasteiger charge is -2.43. The molecule has 2 fully saturated rings. The largest absolute Gasteiger partial charge is 0.465 e. The Bertz CT molecular complexity index is 636. The quantitative estimate of drug-likeness (QED) is 0.804.